The molecule has 150 valence electrons. The van der Waals surface area contributed by atoms with E-state index in [0.29, 0.717) is 42.8 Å². The number of carbonyl (C=O) groups is 1. The molecule has 1 unspecified atom stereocenters. The van der Waals surface area contributed by atoms with E-state index in [4.69, 9.17) is 10.00 Å². The quantitative estimate of drug-likeness (QED) is 0.821. The highest BCUT2D eigenvalue weighted by Gasteiger charge is 2.38. The van der Waals surface area contributed by atoms with Crippen molar-refractivity contribution in [1.29, 1.82) is 5.26 Å². The zero-order chi connectivity index (χ0) is 20.2. The molecular formula is C20H22N6O3. The summed E-state index contributed by atoms with van der Waals surface area (Å²) in [5.41, 5.74) is 1.23. The molecule has 1 N–H and O–H groups in total. The van der Waals surface area contributed by atoms with Crippen LogP contribution in [-0.2, 0) is 6.61 Å². The number of aromatic nitrogens is 3. The molecule has 1 amide bonds. The second kappa shape index (κ2) is 8.31. The van der Waals surface area contributed by atoms with Crippen LogP contribution in [0.15, 0.2) is 30.9 Å². The molecule has 2 fully saturated rings. The van der Waals surface area contributed by atoms with Crippen LogP contribution >= 0.6 is 0 Å². The standard InChI is InChI=1S/C20H22N6O3/c21-8-16-9-22-5-4-15(16)13-29-17-10-23-19(24-11-17)25-6-7-26(20(27)28)18(12-25)14-2-1-3-14/h4-5,9-11,14,18H,1-3,6-7,12-13H2,(H,27,28). The zero-order valence-corrected chi connectivity index (χ0v) is 15.9. The number of carboxylic acid groups (broad SMARTS) is 1. The predicted octanol–water partition coefficient (Wildman–Crippen LogP) is 2.29. The molecule has 2 aliphatic rings. The van der Waals surface area contributed by atoms with Gasteiger partial charge in [-0.05, 0) is 24.8 Å². The molecule has 1 saturated heterocycles. The summed E-state index contributed by atoms with van der Waals surface area (Å²) in [5, 5.41) is 18.6. The van der Waals surface area contributed by atoms with Gasteiger partial charge in [0, 0.05) is 37.6 Å². The van der Waals surface area contributed by atoms with E-state index >= 15 is 0 Å². The van der Waals surface area contributed by atoms with Gasteiger partial charge in [0.2, 0.25) is 5.95 Å². The van der Waals surface area contributed by atoms with Crippen LogP contribution in [0.2, 0.25) is 0 Å². The first-order valence-corrected chi connectivity index (χ1v) is 9.68. The first kappa shape index (κ1) is 18.9. The van der Waals surface area contributed by atoms with Crippen LogP contribution in [0.3, 0.4) is 0 Å². The molecule has 4 rings (SSSR count). The number of anilines is 1. The molecule has 1 aliphatic heterocycles. The summed E-state index contributed by atoms with van der Waals surface area (Å²) < 4.78 is 5.70. The molecule has 1 atom stereocenters. The van der Waals surface area contributed by atoms with E-state index in [1.807, 2.05) is 4.90 Å². The summed E-state index contributed by atoms with van der Waals surface area (Å²) in [6, 6.07) is 3.83. The monoisotopic (exact) mass is 394 g/mol. The molecule has 1 saturated carbocycles. The average Bonchev–Trinajstić information content (AvgIpc) is 2.71. The second-order valence-electron chi connectivity index (χ2n) is 7.33. The molecule has 9 nitrogen and oxygen atoms in total. The highest BCUT2D eigenvalue weighted by atomic mass is 16.5. The summed E-state index contributed by atoms with van der Waals surface area (Å²) in [4.78, 5) is 27.9. The highest BCUT2D eigenvalue weighted by Crippen LogP contribution is 2.34. The molecule has 0 spiro atoms. The Balaban J connectivity index is 1.40. The maximum absolute atomic E-state index is 11.6. The topological polar surface area (TPSA) is 115 Å². The maximum atomic E-state index is 11.6. The lowest BCUT2D eigenvalue weighted by atomic mass is 9.78. The van der Waals surface area contributed by atoms with E-state index in [0.717, 1.165) is 18.4 Å². The number of hydrogen-bond acceptors (Lipinski definition) is 7. The number of hydrogen-bond donors (Lipinski definition) is 1. The van der Waals surface area contributed by atoms with Crippen molar-refractivity contribution in [3.05, 3.63) is 42.0 Å². The Hall–Kier alpha value is -3.41. The molecular weight excluding hydrogens is 372 g/mol. The van der Waals surface area contributed by atoms with Crippen molar-refractivity contribution in [3.63, 3.8) is 0 Å². The lowest BCUT2D eigenvalue weighted by molar-refractivity contribution is 0.0737. The molecule has 29 heavy (non-hydrogen) atoms. The average molecular weight is 394 g/mol. The number of nitriles is 1. The normalized spacial score (nSPS) is 19.3. The van der Waals surface area contributed by atoms with E-state index in [9.17, 15) is 9.90 Å². The van der Waals surface area contributed by atoms with Crippen molar-refractivity contribution in [2.45, 2.75) is 31.9 Å². The first-order chi connectivity index (χ1) is 14.2. The summed E-state index contributed by atoms with van der Waals surface area (Å²) >= 11 is 0. The molecule has 2 aromatic heterocycles. The summed E-state index contributed by atoms with van der Waals surface area (Å²) in [7, 11) is 0. The number of ether oxygens (including phenoxy) is 1. The predicted molar refractivity (Wildman–Crippen MR) is 103 cm³/mol. The number of piperazine rings is 1. The van der Waals surface area contributed by atoms with Gasteiger partial charge in [-0.15, -0.1) is 0 Å². The summed E-state index contributed by atoms with van der Waals surface area (Å²) in [6.45, 7) is 1.87. The van der Waals surface area contributed by atoms with Gasteiger partial charge in [-0.3, -0.25) is 4.98 Å². The van der Waals surface area contributed by atoms with Gasteiger partial charge in [0.25, 0.3) is 0 Å². The van der Waals surface area contributed by atoms with E-state index in [1.165, 1.54) is 12.6 Å². The van der Waals surface area contributed by atoms with E-state index < -0.39 is 6.09 Å². The number of nitrogens with zero attached hydrogens (tertiary/aromatic N) is 6. The van der Waals surface area contributed by atoms with Gasteiger partial charge in [-0.2, -0.15) is 5.26 Å². The number of pyridine rings is 1. The molecule has 2 aromatic rings. The molecule has 0 bridgehead atoms. The van der Waals surface area contributed by atoms with Crippen molar-refractivity contribution >= 4 is 12.0 Å². The fourth-order valence-corrected chi connectivity index (χ4v) is 3.82. The Morgan fingerprint density at radius 2 is 2.07 bits per heavy atom. The third-order valence-corrected chi connectivity index (χ3v) is 5.68. The minimum Gasteiger partial charge on any atom is -0.486 e. The number of rotatable bonds is 5. The van der Waals surface area contributed by atoms with Crippen molar-refractivity contribution in [2.24, 2.45) is 5.92 Å². The largest absolute Gasteiger partial charge is 0.486 e. The van der Waals surface area contributed by atoms with Crippen molar-refractivity contribution in [2.75, 3.05) is 24.5 Å². The SMILES string of the molecule is N#Cc1cnccc1COc1cnc(N2CCN(C(=O)O)C(C3CCC3)C2)nc1. The van der Waals surface area contributed by atoms with Crippen LogP contribution in [0.4, 0.5) is 10.7 Å². The van der Waals surface area contributed by atoms with Gasteiger partial charge in [-0.25, -0.2) is 14.8 Å². The Labute approximate surface area is 168 Å². The molecule has 9 heteroatoms. The van der Waals surface area contributed by atoms with Crippen LogP contribution in [0.5, 0.6) is 5.75 Å². The maximum Gasteiger partial charge on any atom is 0.407 e. The Bertz CT molecular complexity index is 909. The third kappa shape index (κ3) is 4.06. The number of amides is 1. The fourth-order valence-electron chi connectivity index (χ4n) is 3.82. The minimum absolute atomic E-state index is 0.00869. The van der Waals surface area contributed by atoms with E-state index in [-0.39, 0.29) is 12.6 Å². The minimum atomic E-state index is -0.848. The molecule has 0 aromatic carbocycles. The van der Waals surface area contributed by atoms with Crippen LogP contribution < -0.4 is 9.64 Å². The Morgan fingerprint density at radius 1 is 1.28 bits per heavy atom. The first-order valence-electron chi connectivity index (χ1n) is 9.68. The lowest BCUT2D eigenvalue weighted by Crippen LogP contribution is -2.59. The smallest absolute Gasteiger partial charge is 0.407 e. The molecule has 0 radical (unpaired) electrons. The van der Waals surface area contributed by atoms with Crippen LogP contribution in [-0.4, -0.2) is 56.7 Å². The van der Waals surface area contributed by atoms with Gasteiger partial charge in [0.05, 0.1) is 24.0 Å². The molecule has 1 aliphatic carbocycles. The van der Waals surface area contributed by atoms with Crippen molar-refractivity contribution in [1.82, 2.24) is 19.9 Å². The summed E-state index contributed by atoms with van der Waals surface area (Å²) in [5.74, 6) is 1.51. The van der Waals surface area contributed by atoms with Crippen LogP contribution in [0.25, 0.3) is 0 Å². The van der Waals surface area contributed by atoms with Crippen LogP contribution in [0, 0.1) is 17.2 Å². The van der Waals surface area contributed by atoms with E-state index in [2.05, 4.69) is 21.0 Å². The van der Waals surface area contributed by atoms with Crippen molar-refractivity contribution in [3.8, 4) is 11.8 Å². The van der Waals surface area contributed by atoms with Gasteiger partial charge < -0.3 is 19.6 Å². The van der Waals surface area contributed by atoms with E-state index in [1.54, 1.807) is 29.6 Å². The fraction of sp³-hybridized carbons (Fsp3) is 0.450. The van der Waals surface area contributed by atoms with Gasteiger partial charge in [0.15, 0.2) is 5.75 Å². The second-order valence-corrected chi connectivity index (χ2v) is 7.33. The van der Waals surface area contributed by atoms with Gasteiger partial charge in [0.1, 0.15) is 12.7 Å². The Kier molecular flexibility index (Phi) is 5.42. The highest BCUT2D eigenvalue weighted by molar-refractivity contribution is 5.66. The van der Waals surface area contributed by atoms with Crippen molar-refractivity contribution < 1.29 is 14.6 Å². The summed E-state index contributed by atoms with van der Waals surface area (Å²) in [6.07, 6.45) is 8.82. The van der Waals surface area contributed by atoms with Gasteiger partial charge >= 0.3 is 6.09 Å². The zero-order valence-electron chi connectivity index (χ0n) is 15.9. The van der Waals surface area contributed by atoms with Gasteiger partial charge in [-0.1, -0.05) is 6.42 Å². The van der Waals surface area contributed by atoms with Crippen LogP contribution in [0.1, 0.15) is 30.4 Å². The molecule has 3 heterocycles. The lowest BCUT2D eigenvalue weighted by Gasteiger charge is -2.46. The Morgan fingerprint density at radius 3 is 2.72 bits per heavy atom. The third-order valence-electron chi connectivity index (χ3n) is 5.68.